The number of rotatable bonds is 5. The van der Waals surface area contributed by atoms with Crippen molar-refractivity contribution in [1.82, 2.24) is 34.9 Å². The Hall–Kier alpha value is -7.39. The van der Waals surface area contributed by atoms with E-state index in [1.54, 1.807) is 12.4 Å². The summed E-state index contributed by atoms with van der Waals surface area (Å²) in [7, 11) is 0. The lowest BCUT2D eigenvalue weighted by atomic mass is 10.0. The Bertz CT molecular complexity index is 2880. The van der Waals surface area contributed by atoms with Gasteiger partial charge in [-0.15, -0.1) is 0 Å². The van der Waals surface area contributed by atoms with Crippen molar-refractivity contribution >= 4 is 43.6 Å². The number of fused-ring (bicyclic) bond motifs is 6. The molecule has 0 bridgehead atoms. The third kappa shape index (κ3) is 5.64. The molecule has 5 aromatic carbocycles. The molecule has 254 valence electrons. The molecule has 0 aliphatic rings. The van der Waals surface area contributed by atoms with E-state index in [2.05, 4.69) is 19.9 Å². The average molecular weight is 702 g/mol. The molecule has 0 unspecified atom stereocenters. The Kier molecular flexibility index (Phi) is 7.36. The van der Waals surface area contributed by atoms with Gasteiger partial charge in [-0.25, -0.2) is 33.7 Å². The van der Waals surface area contributed by atoms with Crippen LogP contribution < -0.4 is 0 Å². The smallest absolute Gasteiger partial charge is 0.164 e. The van der Waals surface area contributed by atoms with Crippen LogP contribution in [0.25, 0.3) is 100 Å². The van der Waals surface area contributed by atoms with Crippen molar-refractivity contribution in [3.63, 3.8) is 0 Å². The number of hydrogen-bond donors (Lipinski definition) is 0. The number of benzene rings is 5. The number of nitrogens with zero attached hydrogens (tertiary/aromatic N) is 7. The second-order valence-electron chi connectivity index (χ2n) is 12.9. The zero-order chi connectivity index (χ0) is 36.2. The van der Waals surface area contributed by atoms with Crippen molar-refractivity contribution in [2.45, 2.75) is 0 Å². The predicted octanol–water partition coefficient (Wildman–Crippen LogP) is 10.7. The Morgan fingerprint density at radius 2 is 0.685 bits per heavy atom. The molecule has 0 fully saturated rings. The van der Waals surface area contributed by atoms with Crippen molar-refractivity contribution in [3.8, 4) is 56.7 Å². The molecular formula is C45H25F2N7. The maximum absolute atomic E-state index is 14.4. The second-order valence-corrected chi connectivity index (χ2v) is 12.9. The van der Waals surface area contributed by atoms with E-state index in [-0.39, 0.29) is 11.4 Å². The first-order chi connectivity index (χ1) is 26.5. The third-order valence-corrected chi connectivity index (χ3v) is 9.50. The molecular weight excluding hydrogens is 677 g/mol. The molecule has 5 heterocycles. The molecule has 0 aliphatic carbocycles. The summed E-state index contributed by atoms with van der Waals surface area (Å²) in [5.74, 6) is -0.592. The van der Waals surface area contributed by atoms with Crippen LogP contribution in [0.3, 0.4) is 0 Å². The Morgan fingerprint density at radius 3 is 1.13 bits per heavy atom. The van der Waals surface area contributed by atoms with E-state index in [9.17, 15) is 8.78 Å². The van der Waals surface area contributed by atoms with Gasteiger partial charge in [0.1, 0.15) is 11.6 Å². The van der Waals surface area contributed by atoms with Gasteiger partial charge >= 0.3 is 0 Å². The molecule has 0 atom stereocenters. The topological polar surface area (TPSA) is 90.2 Å². The molecule has 10 aromatic rings. The maximum Gasteiger partial charge on any atom is 0.164 e. The van der Waals surface area contributed by atoms with Crippen LogP contribution in [0.4, 0.5) is 8.78 Å². The fourth-order valence-corrected chi connectivity index (χ4v) is 6.80. The van der Waals surface area contributed by atoms with Crippen molar-refractivity contribution in [2.24, 2.45) is 0 Å². The summed E-state index contributed by atoms with van der Waals surface area (Å²) in [6.07, 6.45) is 3.55. The molecule has 0 radical (unpaired) electrons. The summed E-state index contributed by atoms with van der Waals surface area (Å²) in [5, 5.41) is 4.06. The molecule has 7 nitrogen and oxygen atoms in total. The summed E-state index contributed by atoms with van der Waals surface area (Å²) in [4.78, 5) is 33.3. The highest BCUT2D eigenvalue weighted by molar-refractivity contribution is 6.04. The van der Waals surface area contributed by atoms with Crippen LogP contribution >= 0.6 is 0 Å². The average Bonchev–Trinajstić information content (AvgIpc) is 3.23. The molecule has 5 aromatic heterocycles. The van der Waals surface area contributed by atoms with Crippen LogP contribution in [0.2, 0.25) is 0 Å². The van der Waals surface area contributed by atoms with Crippen LogP contribution in [-0.2, 0) is 0 Å². The van der Waals surface area contributed by atoms with E-state index in [0.29, 0.717) is 22.8 Å². The van der Waals surface area contributed by atoms with Gasteiger partial charge in [-0.1, -0.05) is 97.1 Å². The van der Waals surface area contributed by atoms with E-state index in [0.717, 1.165) is 72.2 Å². The minimum absolute atomic E-state index is 0.146. The van der Waals surface area contributed by atoms with Gasteiger partial charge in [0.15, 0.2) is 17.5 Å². The van der Waals surface area contributed by atoms with Crippen LogP contribution in [0.15, 0.2) is 152 Å². The molecule has 0 saturated carbocycles. The monoisotopic (exact) mass is 701 g/mol. The summed E-state index contributed by atoms with van der Waals surface area (Å²) in [6.45, 7) is 0. The lowest BCUT2D eigenvalue weighted by molar-refractivity contribution is 0.584. The van der Waals surface area contributed by atoms with Crippen LogP contribution in [0.5, 0.6) is 0 Å². The largest absolute Gasteiger partial charge is 0.254 e. The molecule has 0 saturated heterocycles. The third-order valence-electron chi connectivity index (χ3n) is 9.50. The highest BCUT2D eigenvalue weighted by Gasteiger charge is 2.15. The Balaban J connectivity index is 1.03. The lowest BCUT2D eigenvalue weighted by Gasteiger charge is -2.10. The first-order valence-corrected chi connectivity index (χ1v) is 17.3. The van der Waals surface area contributed by atoms with Gasteiger partial charge in [-0.3, -0.25) is 9.97 Å². The predicted molar refractivity (Wildman–Crippen MR) is 208 cm³/mol. The number of pyridine rings is 4. The molecule has 0 aliphatic heterocycles. The number of halogens is 2. The van der Waals surface area contributed by atoms with E-state index in [1.165, 1.54) is 12.1 Å². The highest BCUT2D eigenvalue weighted by Crippen LogP contribution is 2.31. The van der Waals surface area contributed by atoms with Crippen molar-refractivity contribution < 1.29 is 8.78 Å². The number of hydrogen-bond acceptors (Lipinski definition) is 7. The fraction of sp³-hybridized carbons (Fsp3) is 0. The van der Waals surface area contributed by atoms with Gasteiger partial charge in [-0.05, 0) is 36.4 Å². The molecule has 10 rings (SSSR count). The Morgan fingerprint density at radius 1 is 0.315 bits per heavy atom. The SMILES string of the molecule is Fc1cc(F)cc(-c2nc(-c3ccc(-c4ccc5ccc6cccnc6c5n4)cc3)nc(-c3ccc(-c4ccc5ccc6cccnc6c5n4)cc3)n2)c1. The van der Waals surface area contributed by atoms with E-state index in [4.69, 9.17) is 15.0 Å². The summed E-state index contributed by atoms with van der Waals surface area (Å²) >= 11 is 0. The van der Waals surface area contributed by atoms with Gasteiger partial charge in [0, 0.05) is 67.8 Å². The van der Waals surface area contributed by atoms with Gasteiger partial charge in [0.25, 0.3) is 0 Å². The highest BCUT2D eigenvalue weighted by atomic mass is 19.1. The second kappa shape index (κ2) is 12.7. The van der Waals surface area contributed by atoms with E-state index in [1.807, 2.05) is 121 Å². The minimum Gasteiger partial charge on any atom is -0.254 e. The summed E-state index contributed by atoms with van der Waals surface area (Å²) < 4.78 is 28.8. The minimum atomic E-state index is -0.723. The van der Waals surface area contributed by atoms with Crippen molar-refractivity contribution in [1.29, 1.82) is 0 Å². The first-order valence-electron chi connectivity index (χ1n) is 17.3. The quantitative estimate of drug-likeness (QED) is 0.165. The molecule has 54 heavy (non-hydrogen) atoms. The molecule has 0 N–H and O–H groups in total. The standard InChI is InChI=1S/C45H25F2N7/c46-35-23-34(24-36(47)25-35)45-53-43(32-13-5-26(6-14-32)37-19-17-30-11-9-28-3-1-21-48-39(28)41(30)50-37)52-44(54-45)33-15-7-27(8-16-33)38-20-18-31-12-10-29-4-2-22-49-40(29)42(31)51-38/h1-25H. The lowest BCUT2D eigenvalue weighted by Crippen LogP contribution is -2.01. The van der Waals surface area contributed by atoms with Crippen molar-refractivity contribution in [2.75, 3.05) is 0 Å². The van der Waals surface area contributed by atoms with Gasteiger partial charge in [0.2, 0.25) is 0 Å². The van der Waals surface area contributed by atoms with Crippen LogP contribution in [-0.4, -0.2) is 34.9 Å². The maximum atomic E-state index is 14.4. The van der Waals surface area contributed by atoms with E-state index >= 15 is 0 Å². The van der Waals surface area contributed by atoms with Crippen LogP contribution in [0.1, 0.15) is 0 Å². The zero-order valence-electron chi connectivity index (χ0n) is 28.3. The van der Waals surface area contributed by atoms with Crippen molar-refractivity contribution in [3.05, 3.63) is 164 Å². The Labute approximate surface area is 306 Å². The zero-order valence-corrected chi connectivity index (χ0v) is 28.3. The number of aromatic nitrogens is 7. The first kappa shape index (κ1) is 31.4. The fourth-order valence-electron chi connectivity index (χ4n) is 6.80. The van der Waals surface area contributed by atoms with Gasteiger partial charge in [-0.2, -0.15) is 0 Å². The van der Waals surface area contributed by atoms with Crippen LogP contribution in [0, 0.1) is 11.6 Å². The molecule has 0 amide bonds. The van der Waals surface area contributed by atoms with Gasteiger partial charge < -0.3 is 0 Å². The summed E-state index contributed by atoms with van der Waals surface area (Å²) in [5.41, 5.74) is 8.35. The van der Waals surface area contributed by atoms with E-state index < -0.39 is 11.6 Å². The normalized spacial score (nSPS) is 11.5. The molecule has 0 spiro atoms. The molecule has 9 heteroatoms. The van der Waals surface area contributed by atoms with Gasteiger partial charge in [0.05, 0.1) is 33.5 Å². The summed E-state index contributed by atoms with van der Waals surface area (Å²) in [6, 6.07) is 42.8.